The maximum absolute atomic E-state index is 4.66. The fourth-order valence-electron chi connectivity index (χ4n) is 1.79. The lowest BCUT2D eigenvalue weighted by Gasteiger charge is -2.11. The molecular formula is C16H30N4S. The van der Waals surface area contributed by atoms with Gasteiger partial charge >= 0.3 is 0 Å². The average molecular weight is 311 g/mol. The summed E-state index contributed by atoms with van der Waals surface area (Å²) < 4.78 is 0. The van der Waals surface area contributed by atoms with Gasteiger partial charge in [-0.25, -0.2) is 4.98 Å². The summed E-state index contributed by atoms with van der Waals surface area (Å²) in [5.74, 6) is 2.13. The van der Waals surface area contributed by atoms with E-state index in [0.29, 0.717) is 11.8 Å². The first kappa shape index (κ1) is 18.0. The van der Waals surface area contributed by atoms with Gasteiger partial charge in [-0.2, -0.15) is 0 Å². The molecule has 120 valence electrons. The second-order valence-corrected chi connectivity index (χ2v) is 6.84. The quantitative estimate of drug-likeness (QED) is 0.571. The Morgan fingerprint density at radius 1 is 1.29 bits per heavy atom. The van der Waals surface area contributed by atoms with Crippen LogP contribution in [0.15, 0.2) is 10.4 Å². The van der Waals surface area contributed by atoms with E-state index in [4.69, 9.17) is 0 Å². The third-order valence-corrected chi connectivity index (χ3v) is 4.25. The Hall–Kier alpha value is -1.10. The van der Waals surface area contributed by atoms with Crippen molar-refractivity contribution < 1.29 is 0 Å². The smallest absolute Gasteiger partial charge is 0.191 e. The molecule has 1 rings (SSSR count). The van der Waals surface area contributed by atoms with Gasteiger partial charge in [-0.3, -0.25) is 4.99 Å². The number of rotatable bonds is 8. The van der Waals surface area contributed by atoms with Crippen molar-refractivity contribution in [2.24, 2.45) is 10.9 Å². The van der Waals surface area contributed by atoms with E-state index in [1.54, 1.807) is 11.3 Å². The maximum Gasteiger partial charge on any atom is 0.191 e. The van der Waals surface area contributed by atoms with Gasteiger partial charge in [0.05, 0.1) is 10.7 Å². The van der Waals surface area contributed by atoms with E-state index in [9.17, 15) is 0 Å². The minimum Gasteiger partial charge on any atom is -0.357 e. The van der Waals surface area contributed by atoms with Crippen molar-refractivity contribution in [3.8, 4) is 0 Å². The molecule has 0 aliphatic carbocycles. The van der Waals surface area contributed by atoms with Crippen LogP contribution in [0.2, 0.25) is 0 Å². The number of guanidine groups is 1. The van der Waals surface area contributed by atoms with Gasteiger partial charge in [-0.05, 0) is 19.3 Å². The van der Waals surface area contributed by atoms with Crippen LogP contribution in [0.3, 0.4) is 0 Å². The van der Waals surface area contributed by atoms with E-state index in [0.717, 1.165) is 38.4 Å². The largest absolute Gasteiger partial charge is 0.357 e. The zero-order chi connectivity index (χ0) is 15.7. The Labute approximate surface area is 133 Å². The van der Waals surface area contributed by atoms with Gasteiger partial charge in [-0.15, -0.1) is 11.3 Å². The standard InChI is InChI=1S/C16H30N4S/c1-6-17-16(18-9-7-12(2)3)19-10-8-14-11-21-15(20-14)13(4)5/h11-13H,6-10H2,1-5H3,(H2,17,18,19). The number of aromatic nitrogens is 1. The normalized spacial score (nSPS) is 12.2. The highest BCUT2D eigenvalue weighted by Gasteiger charge is 2.06. The SMILES string of the molecule is CCNC(=NCCC(C)C)NCCc1csc(C(C)C)n1. The lowest BCUT2D eigenvalue weighted by Crippen LogP contribution is -2.38. The minimum atomic E-state index is 0.520. The minimum absolute atomic E-state index is 0.520. The van der Waals surface area contributed by atoms with Crippen LogP contribution >= 0.6 is 11.3 Å². The Morgan fingerprint density at radius 2 is 2.05 bits per heavy atom. The summed E-state index contributed by atoms with van der Waals surface area (Å²) in [6.07, 6.45) is 2.07. The van der Waals surface area contributed by atoms with Crippen LogP contribution in [0.4, 0.5) is 0 Å². The van der Waals surface area contributed by atoms with Crippen LogP contribution < -0.4 is 10.6 Å². The van der Waals surface area contributed by atoms with Crippen LogP contribution in [-0.2, 0) is 6.42 Å². The monoisotopic (exact) mass is 310 g/mol. The van der Waals surface area contributed by atoms with E-state index in [2.05, 4.69) is 60.6 Å². The van der Waals surface area contributed by atoms with Crippen molar-refractivity contribution in [2.45, 2.75) is 53.4 Å². The predicted molar refractivity (Wildman–Crippen MR) is 93.3 cm³/mol. The molecule has 0 fully saturated rings. The topological polar surface area (TPSA) is 49.3 Å². The van der Waals surface area contributed by atoms with Gasteiger partial charge in [-0.1, -0.05) is 27.7 Å². The second-order valence-electron chi connectivity index (χ2n) is 5.95. The molecule has 21 heavy (non-hydrogen) atoms. The van der Waals surface area contributed by atoms with E-state index in [1.165, 1.54) is 10.7 Å². The summed E-state index contributed by atoms with van der Waals surface area (Å²) in [6, 6.07) is 0. The van der Waals surface area contributed by atoms with E-state index in [1.807, 2.05) is 0 Å². The highest BCUT2D eigenvalue weighted by atomic mass is 32.1. The average Bonchev–Trinajstić information content (AvgIpc) is 2.87. The van der Waals surface area contributed by atoms with E-state index >= 15 is 0 Å². The van der Waals surface area contributed by atoms with Crippen LogP contribution in [0.1, 0.15) is 57.7 Å². The van der Waals surface area contributed by atoms with Crippen molar-refractivity contribution in [3.63, 3.8) is 0 Å². The molecule has 0 spiro atoms. The van der Waals surface area contributed by atoms with Gasteiger partial charge in [0.1, 0.15) is 0 Å². The van der Waals surface area contributed by atoms with Crippen molar-refractivity contribution in [3.05, 3.63) is 16.1 Å². The van der Waals surface area contributed by atoms with Gasteiger partial charge in [0, 0.05) is 37.4 Å². The number of nitrogens with one attached hydrogen (secondary N) is 2. The molecule has 2 N–H and O–H groups in total. The molecule has 4 nitrogen and oxygen atoms in total. The molecule has 0 saturated heterocycles. The maximum atomic E-state index is 4.66. The summed E-state index contributed by atoms with van der Waals surface area (Å²) in [5.41, 5.74) is 1.18. The highest BCUT2D eigenvalue weighted by molar-refractivity contribution is 7.09. The molecule has 0 amide bonds. The lowest BCUT2D eigenvalue weighted by molar-refractivity contribution is 0.594. The zero-order valence-corrected chi connectivity index (χ0v) is 14.9. The Balaban J connectivity index is 2.38. The molecule has 0 unspecified atom stereocenters. The summed E-state index contributed by atoms with van der Waals surface area (Å²) in [6.45, 7) is 13.6. The Kier molecular flexibility index (Phi) is 8.35. The summed E-state index contributed by atoms with van der Waals surface area (Å²) >= 11 is 1.76. The molecule has 0 atom stereocenters. The first-order valence-corrected chi connectivity index (χ1v) is 8.87. The van der Waals surface area contributed by atoms with E-state index in [-0.39, 0.29) is 0 Å². The fourth-order valence-corrected chi connectivity index (χ4v) is 2.66. The van der Waals surface area contributed by atoms with Crippen LogP contribution in [0.25, 0.3) is 0 Å². The molecule has 5 heteroatoms. The Morgan fingerprint density at radius 3 is 2.62 bits per heavy atom. The van der Waals surface area contributed by atoms with Crippen LogP contribution in [0.5, 0.6) is 0 Å². The van der Waals surface area contributed by atoms with Gasteiger partial charge in [0.15, 0.2) is 5.96 Å². The number of nitrogens with zero attached hydrogens (tertiary/aromatic N) is 2. The van der Waals surface area contributed by atoms with Crippen molar-refractivity contribution >= 4 is 17.3 Å². The number of thiazole rings is 1. The molecule has 0 aromatic carbocycles. The van der Waals surface area contributed by atoms with Gasteiger partial charge < -0.3 is 10.6 Å². The van der Waals surface area contributed by atoms with Crippen LogP contribution in [0, 0.1) is 5.92 Å². The predicted octanol–water partition coefficient (Wildman–Crippen LogP) is 3.41. The zero-order valence-electron chi connectivity index (χ0n) is 14.1. The molecular weight excluding hydrogens is 280 g/mol. The molecule has 0 radical (unpaired) electrons. The molecule has 0 bridgehead atoms. The molecule has 0 aliphatic rings. The Bertz CT molecular complexity index is 424. The molecule has 1 heterocycles. The molecule has 1 aromatic heterocycles. The van der Waals surface area contributed by atoms with Gasteiger partial charge in [0.2, 0.25) is 0 Å². The van der Waals surface area contributed by atoms with Crippen LogP contribution in [-0.4, -0.2) is 30.6 Å². The van der Waals surface area contributed by atoms with Crippen molar-refractivity contribution in [1.29, 1.82) is 0 Å². The van der Waals surface area contributed by atoms with E-state index < -0.39 is 0 Å². The van der Waals surface area contributed by atoms with Gasteiger partial charge in [0.25, 0.3) is 0 Å². The fraction of sp³-hybridized carbons (Fsp3) is 0.750. The number of aliphatic imine (C=N–C) groups is 1. The number of hydrogen-bond acceptors (Lipinski definition) is 3. The highest BCUT2D eigenvalue weighted by Crippen LogP contribution is 2.19. The molecule has 0 aliphatic heterocycles. The third kappa shape index (κ3) is 7.46. The molecule has 0 saturated carbocycles. The van der Waals surface area contributed by atoms with Crippen molar-refractivity contribution in [1.82, 2.24) is 15.6 Å². The summed E-state index contributed by atoms with van der Waals surface area (Å²) in [7, 11) is 0. The second kappa shape index (κ2) is 9.77. The first-order chi connectivity index (χ1) is 10.0. The third-order valence-electron chi connectivity index (χ3n) is 3.06. The number of hydrogen-bond donors (Lipinski definition) is 2. The summed E-state index contributed by atoms with van der Waals surface area (Å²) in [5, 5.41) is 10.1. The first-order valence-electron chi connectivity index (χ1n) is 7.99. The molecule has 1 aromatic rings. The lowest BCUT2D eigenvalue weighted by atomic mass is 10.1. The summed E-state index contributed by atoms with van der Waals surface area (Å²) in [4.78, 5) is 9.25. The van der Waals surface area contributed by atoms with Crippen molar-refractivity contribution in [2.75, 3.05) is 19.6 Å².